The molecule has 1 N–H and O–H groups in total. The monoisotopic (exact) mass is 318 g/mol. The van der Waals surface area contributed by atoms with Crippen molar-refractivity contribution in [2.24, 2.45) is 0 Å². The molecule has 0 aliphatic heterocycles. The zero-order valence-electron chi connectivity index (χ0n) is 10.0. The van der Waals surface area contributed by atoms with Crippen LogP contribution >= 0.6 is 34.3 Å². The van der Waals surface area contributed by atoms with E-state index in [2.05, 4.69) is 5.32 Å². The normalized spacial score (nSPS) is 10.4. The second-order valence-electron chi connectivity index (χ2n) is 4.02. The number of thiophene rings is 2. The Hall–Kier alpha value is -1.87. The van der Waals surface area contributed by atoms with Crippen molar-refractivity contribution in [1.29, 1.82) is 5.26 Å². The number of anilines is 1. The van der Waals surface area contributed by atoms with E-state index in [1.165, 1.54) is 17.4 Å². The highest BCUT2D eigenvalue weighted by Gasteiger charge is 2.12. The minimum atomic E-state index is -0.190. The molecule has 0 bridgehead atoms. The first-order valence-electron chi connectivity index (χ1n) is 5.65. The Bertz CT molecular complexity index is 816. The number of fused-ring (bicyclic) bond motifs is 1. The lowest BCUT2D eigenvalue weighted by atomic mass is 10.2. The lowest BCUT2D eigenvalue weighted by molar-refractivity contribution is 0.103. The number of hydrogen-bond acceptors (Lipinski definition) is 4. The van der Waals surface area contributed by atoms with Crippen LogP contribution in [-0.2, 0) is 0 Å². The third-order valence-corrected chi connectivity index (χ3v) is 5.11. The van der Waals surface area contributed by atoms with Gasteiger partial charge >= 0.3 is 0 Å². The van der Waals surface area contributed by atoms with Gasteiger partial charge in [0.25, 0.3) is 5.91 Å². The predicted molar refractivity (Wildman–Crippen MR) is 83.8 cm³/mol. The average molecular weight is 319 g/mol. The van der Waals surface area contributed by atoms with Crippen LogP contribution in [0.15, 0.2) is 35.7 Å². The maximum absolute atomic E-state index is 12.2. The number of carbonyl (C=O) groups is 1. The summed E-state index contributed by atoms with van der Waals surface area (Å²) in [4.78, 5) is 12.8. The second-order valence-corrected chi connectivity index (χ2v) is 6.46. The van der Waals surface area contributed by atoms with E-state index in [1.807, 2.05) is 23.6 Å². The predicted octanol–water partition coefficient (Wildman–Crippen LogP) is 4.74. The molecule has 20 heavy (non-hydrogen) atoms. The molecule has 2 heterocycles. The molecule has 0 saturated heterocycles. The van der Waals surface area contributed by atoms with Gasteiger partial charge in [0.05, 0.1) is 27.2 Å². The van der Waals surface area contributed by atoms with Crippen LogP contribution in [0.5, 0.6) is 0 Å². The van der Waals surface area contributed by atoms with Gasteiger partial charge < -0.3 is 5.32 Å². The molecule has 1 aromatic carbocycles. The molecule has 2 aromatic heterocycles. The van der Waals surface area contributed by atoms with Crippen LogP contribution in [0.1, 0.15) is 15.2 Å². The van der Waals surface area contributed by atoms with Crippen molar-refractivity contribution in [1.82, 2.24) is 0 Å². The van der Waals surface area contributed by atoms with E-state index < -0.39 is 0 Å². The summed E-state index contributed by atoms with van der Waals surface area (Å²) >= 11 is 9.09. The largest absolute Gasteiger partial charge is 0.320 e. The highest BCUT2D eigenvalue weighted by Crippen LogP contribution is 2.31. The summed E-state index contributed by atoms with van der Waals surface area (Å²) < 4.78 is 2.21. The molecule has 0 unspecified atom stereocenters. The summed E-state index contributed by atoms with van der Waals surface area (Å²) in [7, 11) is 0. The Morgan fingerprint density at radius 3 is 2.80 bits per heavy atom. The average Bonchev–Trinajstić information content (AvgIpc) is 3.01. The van der Waals surface area contributed by atoms with Gasteiger partial charge in [-0.25, -0.2) is 0 Å². The second kappa shape index (κ2) is 5.25. The summed E-state index contributed by atoms with van der Waals surface area (Å²) in [6.45, 7) is 0. The number of carbonyl (C=O) groups excluding carboxylic acids is 1. The SMILES string of the molecule is N#Cc1ccc(NC(=O)c2cc3sccc3s2)c(Cl)c1. The minimum Gasteiger partial charge on any atom is -0.320 e. The van der Waals surface area contributed by atoms with Crippen LogP contribution in [0.3, 0.4) is 0 Å². The molecule has 0 radical (unpaired) electrons. The Morgan fingerprint density at radius 2 is 2.10 bits per heavy atom. The number of amides is 1. The molecule has 0 spiro atoms. The van der Waals surface area contributed by atoms with Gasteiger partial charge in [-0.3, -0.25) is 4.79 Å². The van der Waals surface area contributed by atoms with Crippen LogP contribution in [-0.4, -0.2) is 5.91 Å². The lowest BCUT2D eigenvalue weighted by Crippen LogP contribution is -2.10. The van der Waals surface area contributed by atoms with Gasteiger partial charge in [-0.2, -0.15) is 5.26 Å². The highest BCUT2D eigenvalue weighted by atomic mass is 35.5. The fourth-order valence-electron chi connectivity index (χ4n) is 1.75. The summed E-state index contributed by atoms with van der Waals surface area (Å²) in [5.74, 6) is -0.190. The van der Waals surface area contributed by atoms with Gasteiger partial charge in [-0.1, -0.05) is 11.6 Å². The maximum Gasteiger partial charge on any atom is 0.265 e. The van der Waals surface area contributed by atoms with Gasteiger partial charge in [0.15, 0.2) is 0 Å². The number of nitrogens with one attached hydrogen (secondary N) is 1. The first kappa shape index (κ1) is 13.1. The molecular formula is C14H7ClN2OS2. The van der Waals surface area contributed by atoms with Crippen molar-refractivity contribution >= 4 is 55.3 Å². The van der Waals surface area contributed by atoms with E-state index in [9.17, 15) is 4.79 Å². The van der Waals surface area contributed by atoms with Crippen molar-refractivity contribution < 1.29 is 4.79 Å². The molecule has 0 fully saturated rings. The standard InChI is InChI=1S/C14H7ClN2OS2/c15-9-5-8(7-16)1-2-10(9)17-14(18)13-6-12-11(20-13)3-4-19-12/h1-6H,(H,17,18). The highest BCUT2D eigenvalue weighted by molar-refractivity contribution is 7.27. The molecule has 0 aliphatic carbocycles. The molecule has 0 saturated carbocycles. The van der Waals surface area contributed by atoms with Crippen molar-refractivity contribution in [3.63, 3.8) is 0 Å². The summed E-state index contributed by atoms with van der Waals surface area (Å²) in [5, 5.41) is 13.9. The lowest BCUT2D eigenvalue weighted by Gasteiger charge is -2.05. The van der Waals surface area contributed by atoms with Crippen molar-refractivity contribution in [2.75, 3.05) is 5.32 Å². The Labute approximate surface area is 128 Å². The van der Waals surface area contributed by atoms with Gasteiger partial charge in [0.2, 0.25) is 0 Å². The molecule has 0 aliphatic rings. The van der Waals surface area contributed by atoms with Crippen LogP contribution in [0, 0.1) is 11.3 Å². The Kier molecular flexibility index (Phi) is 3.45. The first-order chi connectivity index (χ1) is 9.67. The fourth-order valence-corrected chi connectivity index (χ4v) is 3.98. The molecule has 98 valence electrons. The van der Waals surface area contributed by atoms with E-state index in [1.54, 1.807) is 23.5 Å². The van der Waals surface area contributed by atoms with E-state index in [4.69, 9.17) is 16.9 Å². The molecule has 1 amide bonds. The minimum absolute atomic E-state index is 0.190. The quantitative estimate of drug-likeness (QED) is 0.742. The third kappa shape index (κ3) is 2.41. The zero-order chi connectivity index (χ0) is 14.1. The van der Waals surface area contributed by atoms with Gasteiger partial charge in [0.1, 0.15) is 0 Å². The molecule has 0 atom stereocenters. The Morgan fingerprint density at radius 1 is 1.25 bits per heavy atom. The fraction of sp³-hybridized carbons (Fsp3) is 0. The van der Waals surface area contributed by atoms with Crippen molar-refractivity contribution in [2.45, 2.75) is 0 Å². The molecule has 3 aromatic rings. The molecule has 6 heteroatoms. The number of rotatable bonds is 2. The van der Waals surface area contributed by atoms with Crippen molar-refractivity contribution in [3.8, 4) is 6.07 Å². The first-order valence-corrected chi connectivity index (χ1v) is 7.73. The van der Waals surface area contributed by atoms with Crippen LogP contribution in [0.4, 0.5) is 5.69 Å². The van der Waals surface area contributed by atoms with E-state index in [0.717, 1.165) is 9.40 Å². The Balaban J connectivity index is 1.85. The summed E-state index contributed by atoms with van der Waals surface area (Å²) in [6.07, 6.45) is 0. The summed E-state index contributed by atoms with van der Waals surface area (Å²) in [6, 6.07) is 10.7. The smallest absolute Gasteiger partial charge is 0.265 e. The van der Waals surface area contributed by atoms with Crippen molar-refractivity contribution in [3.05, 3.63) is 51.2 Å². The third-order valence-electron chi connectivity index (χ3n) is 2.71. The van der Waals surface area contributed by atoms with Gasteiger partial charge in [-0.15, -0.1) is 22.7 Å². The topological polar surface area (TPSA) is 52.9 Å². The van der Waals surface area contributed by atoms with E-state index in [-0.39, 0.29) is 5.91 Å². The number of benzene rings is 1. The molecule has 3 nitrogen and oxygen atoms in total. The van der Waals surface area contributed by atoms with Crippen LogP contribution < -0.4 is 5.32 Å². The number of nitriles is 1. The van der Waals surface area contributed by atoms with E-state index in [0.29, 0.717) is 21.2 Å². The number of halogens is 1. The van der Waals surface area contributed by atoms with Gasteiger partial charge in [0, 0.05) is 9.40 Å². The summed E-state index contributed by atoms with van der Waals surface area (Å²) in [5.41, 5.74) is 0.969. The number of hydrogen-bond donors (Lipinski definition) is 1. The number of nitrogens with zero attached hydrogens (tertiary/aromatic N) is 1. The maximum atomic E-state index is 12.2. The van der Waals surface area contributed by atoms with Gasteiger partial charge in [-0.05, 0) is 35.7 Å². The van der Waals surface area contributed by atoms with Crippen LogP contribution in [0.25, 0.3) is 9.40 Å². The zero-order valence-corrected chi connectivity index (χ0v) is 12.4. The van der Waals surface area contributed by atoms with Crippen LogP contribution in [0.2, 0.25) is 5.02 Å². The molecular weight excluding hydrogens is 312 g/mol. The molecule has 3 rings (SSSR count). The van der Waals surface area contributed by atoms with E-state index >= 15 is 0 Å².